The van der Waals surface area contributed by atoms with Crippen molar-refractivity contribution in [1.29, 1.82) is 0 Å². The third-order valence-electron chi connectivity index (χ3n) is 8.65. The Morgan fingerprint density at radius 1 is 1.00 bits per heavy atom. The molecule has 5 unspecified atom stereocenters. The number of hydrogen-bond donors (Lipinski definition) is 1. The summed E-state index contributed by atoms with van der Waals surface area (Å²) in [5.41, 5.74) is 0.258. The van der Waals surface area contributed by atoms with E-state index in [-0.39, 0.29) is 11.5 Å². The molecule has 4 aliphatic rings. The predicted octanol–water partition coefficient (Wildman–Crippen LogP) is 4.21. The summed E-state index contributed by atoms with van der Waals surface area (Å²) in [5.74, 6) is 3.66. The van der Waals surface area contributed by atoms with E-state index in [1.54, 1.807) is 0 Å². The van der Waals surface area contributed by atoms with Crippen LogP contribution in [0, 0.1) is 40.4 Å². The molecule has 0 spiro atoms. The molecule has 0 heterocycles. The van der Waals surface area contributed by atoms with Crippen LogP contribution in [0.15, 0.2) is 0 Å². The molecule has 4 rings (SSSR count). The lowest BCUT2D eigenvalue weighted by atomic mass is 9.44. The molecule has 4 fully saturated rings. The zero-order chi connectivity index (χ0) is 15.7. The zero-order valence-electron chi connectivity index (χ0n) is 14.5. The lowest BCUT2D eigenvalue weighted by molar-refractivity contribution is -0.164. The number of hydrogen-bond acceptors (Lipinski definition) is 2. The van der Waals surface area contributed by atoms with E-state index in [1.165, 1.54) is 25.7 Å². The van der Waals surface area contributed by atoms with Crippen LogP contribution in [0.1, 0.15) is 72.1 Å². The molecular weight excluding hydrogens is 272 g/mol. The second-order valence-corrected chi connectivity index (χ2v) is 9.59. The van der Waals surface area contributed by atoms with E-state index in [9.17, 15) is 9.90 Å². The van der Waals surface area contributed by atoms with Gasteiger partial charge >= 0.3 is 0 Å². The number of carbonyl (C=O) groups is 1. The lowest BCUT2D eigenvalue weighted by Gasteiger charge is -2.61. The molecule has 0 aromatic heterocycles. The smallest absolute Gasteiger partial charge is 0.139 e. The minimum Gasteiger partial charge on any atom is -0.393 e. The monoisotopic (exact) mass is 304 g/mol. The molecule has 22 heavy (non-hydrogen) atoms. The Morgan fingerprint density at radius 2 is 1.77 bits per heavy atom. The van der Waals surface area contributed by atoms with E-state index >= 15 is 0 Å². The first-order valence-electron chi connectivity index (χ1n) is 9.57. The summed E-state index contributed by atoms with van der Waals surface area (Å²) in [6, 6.07) is 0. The average molecular weight is 304 g/mol. The van der Waals surface area contributed by atoms with E-state index in [0.717, 1.165) is 37.5 Å². The Kier molecular flexibility index (Phi) is 3.32. The molecule has 1 N–H and O–H groups in total. The second-order valence-electron chi connectivity index (χ2n) is 9.59. The minimum atomic E-state index is -0.132. The first kappa shape index (κ1) is 15.2. The number of ketones is 1. The summed E-state index contributed by atoms with van der Waals surface area (Å²) in [7, 11) is 0. The largest absolute Gasteiger partial charge is 0.393 e. The molecule has 0 bridgehead atoms. The van der Waals surface area contributed by atoms with Gasteiger partial charge in [-0.3, -0.25) is 4.79 Å². The molecule has 2 nitrogen and oxygen atoms in total. The molecule has 4 saturated carbocycles. The number of rotatable bonds is 0. The van der Waals surface area contributed by atoms with E-state index < -0.39 is 0 Å². The molecule has 0 aromatic rings. The molecule has 8 atom stereocenters. The van der Waals surface area contributed by atoms with Crippen LogP contribution in [0.2, 0.25) is 0 Å². The van der Waals surface area contributed by atoms with Crippen LogP contribution in [-0.4, -0.2) is 17.0 Å². The SMILES string of the molecule is CC1CC[C@]2(C)C3CC[C@]4(C)C(=O)CCC4C3C[C@H](O)C2C1. The van der Waals surface area contributed by atoms with Gasteiger partial charge in [0, 0.05) is 11.8 Å². The van der Waals surface area contributed by atoms with Gasteiger partial charge in [-0.25, -0.2) is 0 Å². The van der Waals surface area contributed by atoms with Crippen molar-refractivity contribution in [1.82, 2.24) is 0 Å². The summed E-state index contributed by atoms with van der Waals surface area (Å²) in [6.07, 6.45) is 8.85. The third kappa shape index (κ3) is 1.85. The van der Waals surface area contributed by atoms with Crippen molar-refractivity contribution in [2.24, 2.45) is 40.4 Å². The van der Waals surface area contributed by atoms with Gasteiger partial charge in [-0.2, -0.15) is 0 Å². The fourth-order valence-electron chi connectivity index (χ4n) is 7.27. The highest BCUT2D eigenvalue weighted by atomic mass is 16.3. The van der Waals surface area contributed by atoms with Gasteiger partial charge < -0.3 is 5.11 Å². The van der Waals surface area contributed by atoms with Crippen molar-refractivity contribution in [3.05, 3.63) is 0 Å². The molecule has 2 heteroatoms. The maximum atomic E-state index is 12.4. The molecule has 0 aliphatic heterocycles. The van der Waals surface area contributed by atoms with Gasteiger partial charge in [0.15, 0.2) is 0 Å². The van der Waals surface area contributed by atoms with Crippen molar-refractivity contribution < 1.29 is 9.90 Å². The summed E-state index contributed by atoms with van der Waals surface area (Å²) in [6.45, 7) is 7.06. The summed E-state index contributed by atoms with van der Waals surface area (Å²) >= 11 is 0. The maximum Gasteiger partial charge on any atom is 0.139 e. The second kappa shape index (κ2) is 4.82. The Bertz CT molecular complexity index is 486. The third-order valence-corrected chi connectivity index (χ3v) is 8.65. The van der Waals surface area contributed by atoms with E-state index in [2.05, 4.69) is 20.8 Å². The molecule has 124 valence electrons. The number of aliphatic hydroxyl groups excluding tert-OH is 1. The molecule has 0 amide bonds. The van der Waals surface area contributed by atoms with Gasteiger partial charge in [0.25, 0.3) is 0 Å². The van der Waals surface area contributed by atoms with Crippen LogP contribution in [0.5, 0.6) is 0 Å². The Labute approximate surface area is 135 Å². The summed E-state index contributed by atoms with van der Waals surface area (Å²) in [5, 5.41) is 10.9. The predicted molar refractivity (Wildman–Crippen MR) is 87.3 cm³/mol. The lowest BCUT2D eigenvalue weighted by Crippen LogP contribution is -2.57. The van der Waals surface area contributed by atoms with E-state index in [0.29, 0.717) is 29.0 Å². The van der Waals surface area contributed by atoms with Gasteiger partial charge in [-0.05, 0) is 73.5 Å². The number of carbonyl (C=O) groups excluding carboxylic acids is 1. The molecular formula is C20H32O2. The Morgan fingerprint density at radius 3 is 2.55 bits per heavy atom. The molecule has 4 aliphatic carbocycles. The van der Waals surface area contributed by atoms with Crippen LogP contribution in [0.25, 0.3) is 0 Å². The number of Topliss-reactive ketones (excluding diaryl/α,β-unsaturated/α-hetero) is 1. The highest BCUT2D eigenvalue weighted by Crippen LogP contribution is 2.65. The maximum absolute atomic E-state index is 12.4. The van der Waals surface area contributed by atoms with E-state index in [1.807, 2.05) is 0 Å². The van der Waals surface area contributed by atoms with Crippen molar-refractivity contribution in [2.75, 3.05) is 0 Å². The average Bonchev–Trinajstić information content (AvgIpc) is 2.77. The molecule has 0 radical (unpaired) electrons. The van der Waals surface area contributed by atoms with Crippen molar-refractivity contribution >= 4 is 5.78 Å². The fourth-order valence-corrected chi connectivity index (χ4v) is 7.27. The standard InChI is InChI=1S/C20H32O2/c1-12-6-8-19(2)15-7-9-20(3)14(4-5-18(20)22)13(15)11-17(21)16(19)10-12/h12-17,21H,4-11H2,1-3H3/t12?,13?,14?,15?,16?,17-,19+,20-/m0/s1. The quantitative estimate of drug-likeness (QED) is 0.728. The highest BCUT2D eigenvalue weighted by molar-refractivity contribution is 5.87. The summed E-state index contributed by atoms with van der Waals surface area (Å²) < 4.78 is 0. The zero-order valence-corrected chi connectivity index (χ0v) is 14.5. The first-order valence-corrected chi connectivity index (χ1v) is 9.57. The Hall–Kier alpha value is -0.370. The topological polar surface area (TPSA) is 37.3 Å². The number of fused-ring (bicyclic) bond motifs is 5. The van der Waals surface area contributed by atoms with Gasteiger partial charge in [0.1, 0.15) is 5.78 Å². The highest BCUT2D eigenvalue weighted by Gasteiger charge is 2.61. The molecule has 0 saturated heterocycles. The van der Waals surface area contributed by atoms with Crippen LogP contribution in [0.3, 0.4) is 0 Å². The Balaban J connectivity index is 1.68. The van der Waals surface area contributed by atoms with E-state index in [4.69, 9.17) is 0 Å². The normalized spacial score (nSPS) is 57.9. The van der Waals surface area contributed by atoms with Crippen LogP contribution >= 0.6 is 0 Å². The minimum absolute atomic E-state index is 0.0635. The van der Waals surface area contributed by atoms with Gasteiger partial charge in [0.05, 0.1) is 6.10 Å². The van der Waals surface area contributed by atoms with Gasteiger partial charge in [0.2, 0.25) is 0 Å². The number of aliphatic hydroxyl groups is 1. The van der Waals surface area contributed by atoms with Crippen molar-refractivity contribution in [3.63, 3.8) is 0 Å². The van der Waals surface area contributed by atoms with Crippen molar-refractivity contribution in [2.45, 2.75) is 78.2 Å². The fraction of sp³-hybridized carbons (Fsp3) is 0.950. The van der Waals surface area contributed by atoms with Crippen molar-refractivity contribution in [3.8, 4) is 0 Å². The molecule has 0 aromatic carbocycles. The van der Waals surface area contributed by atoms with Gasteiger partial charge in [-0.1, -0.05) is 27.2 Å². The first-order chi connectivity index (χ1) is 10.4. The van der Waals surface area contributed by atoms with Crippen LogP contribution in [0.4, 0.5) is 0 Å². The van der Waals surface area contributed by atoms with Crippen LogP contribution < -0.4 is 0 Å². The summed E-state index contributed by atoms with van der Waals surface area (Å²) in [4.78, 5) is 12.4. The van der Waals surface area contributed by atoms with Crippen LogP contribution in [-0.2, 0) is 4.79 Å². The van der Waals surface area contributed by atoms with Gasteiger partial charge in [-0.15, -0.1) is 0 Å².